The highest BCUT2D eigenvalue weighted by molar-refractivity contribution is 7.08. The van der Waals surface area contributed by atoms with Crippen LogP contribution in [-0.4, -0.2) is 29.3 Å². The number of rotatable bonds is 7. The van der Waals surface area contributed by atoms with E-state index in [1.165, 1.54) is 0 Å². The lowest BCUT2D eigenvalue weighted by Gasteiger charge is -2.24. The van der Waals surface area contributed by atoms with Crippen molar-refractivity contribution in [1.82, 2.24) is 15.8 Å². The molecule has 2 heterocycles. The molecule has 0 aliphatic heterocycles. The molecule has 0 saturated heterocycles. The Bertz CT molecular complexity index is 620. The summed E-state index contributed by atoms with van der Waals surface area (Å²) in [4.78, 5) is 4.47. The van der Waals surface area contributed by atoms with Gasteiger partial charge in [-0.15, -0.1) is 0 Å². The summed E-state index contributed by atoms with van der Waals surface area (Å²) >= 11 is 1.57. The van der Waals surface area contributed by atoms with Gasteiger partial charge in [0.2, 0.25) is 0 Å². The Morgan fingerprint density at radius 1 is 1.43 bits per heavy atom. The third-order valence-electron chi connectivity index (χ3n) is 3.45. The molecule has 0 bridgehead atoms. The van der Waals surface area contributed by atoms with Crippen LogP contribution in [0.3, 0.4) is 0 Å². The average molecular weight is 336 g/mol. The van der Waals surface area contributed by atoms with Crippen LogP contribution in [-0.2, 0) is 18.6 Å². The lowest BCUT2D eigenvalue weighted by Crippen LogP contribution is -2.44. The van der Waals surface area contributed by atoms with Gasteiger partial charge in [-0.05, 0) is 42.7 Å². The largest absolute Gasteiger partial charge is 0.384 e. The Hall–Kier alpha value is -1.86. The van der Waals surface area contributed by atoms with Crippen LogP contribution < -0.4 is 10.6 Å². The number of hydrogen-bond donors (Lipinski definition) is 3. The summed E-state index contributed by atoms with van der Waals surface area (Å²) in [5.74, 6) is 1.36. The molecule has 0 aliphatic rings. The van der Waals surface area contributed by atoms with Crippen molar-refractivity contribution in [2.75, 3.05) is 13.1 Å². The lowest BCUT2D eigenvalue weighted by molar-refractivity contribution is 0.0621. The van der Waals surface area contributed by atoms with Crippen LogP contribution in [0.15, 0.2) is 32.4 Å². The molecule has 0 aliphatic carbocycles. The van der Waals surface area contributed by atoms with E-state index < -0.39 is 5.60 Å². The van der Waals surface area contributed by atoms with Crippen molar-refractivity contribution in [2.45, 2.75) is 39.3 Å². The maximum absolute atomic E-state index is 10.5. The van der Waals surface area contributed by atoms with Gasteiger partial charge in [0.1, 0.15) is 12.1 Å². The molecule has 6 nitrogen and oxygen atoms in total. The van der Waals surface area contributed by atoms with Crippen LogP contribution in [0.25, 0.3) is 0 Å². The SMILES string of the molecule is CCNC(=NCc1cc(CC)no1)NCC(C)(O)c1ccsc1. The molecule has 7 heteroatoms. The highest BCUT2D eigenvalue weighted by atomic mass is 32.1. The number of nitrogens with zero attached hydrogens (tertiary/aromatic N) is 2. The van der Waals surface area contributed by atoms with Crippen molar-refractivity contribution in [3.8, 4) is 0 Å². The number of aliphatic hydroxyl groups is 1. The normalized spacial score (nSPS) is 14.5. The molecule has 1 atom stereocenters. The van der Waals surface area contributed by atoms with Crippen molar-refractivity contribution in [1.29, 1.82) is 0 Å². The van der Waals surface area contributed by atoms with Gasteiger partial charge < -0.3 is 20.3 Å². The maximum Gasteiger partial charge on any atom is 0.191 e. The first-order valence-electron chi connectivity index (χ1n) is 7.77. The van der Waals surface area contributed by atoms with Gasteiger partial charge in [0, 0.05) is 12.6 Å². The van der Waals surface area contributed by atoms with Crippen molar-refractivity contribution >= 4 is 17.3 Å². The van der Waals surface area contributed by atoms with E-state index in [0.29, 0.717) is 19.0 Å². The van der Waals surface area contributed by atoms with E-state index in [2.05, 4.69) is 20.8 Å². The predicted molar refractivity (Wildman–Crippen MR) is 92.6 cm³/mol. The fourth-order valence-electron chi connectivity index (χ4n) is 2.02. The summed E-state index contributed by atoms with van der Waals surface area (Å²) in [6.45, 7) is 7.33. The Kier molecular flexibility index (Phi) is 6.18. The third-order valence-corrected chi connectivity index (χ3v) is 4.13. The van der Waals surface area contributed by atoms with E-state index in [4.69, 9.17) is 4.52 Å². The minimum absolute atomic E-state index is 0.367. The number of aliphatic imine (C=N–C) groups is 1. The molecule has 2 rings (SSSR count). The Morgan fingerprint density at radius 2 is 2.26 bits per heavy atom. The van der Waals surface area contributed by atoms with Gasteiger partial charge in [0.25, 0.3) is 0 Å². The zero-order chi connectivity index (χ0) is 16.7. The lowest BCUT2D eigenvalue weighted by atomic mass is 9.99. The fraction of sp³-hybridized carbons (Fsp3) is 0.500. The quantitative estimate of drug-likeness (QED) is 0.534. The van der Waals surface area contributed by atoms with E-state index in [1.54, 1.807) is 18.3 Å². The van der Waals surface area contributed by atoms with E-state index in [9.17, 15) is 5.11 Å². The van der Waals surface area contributed by atoms with Gasteiger partial charge in [-0.3, -0.25) is 0 Å². The fourth-order valence-corrected chi connectivity index (χ4v) is 2.81. The molecule has 2 aromatic rings. The van der Waals surface area contributed by atoms with Gasteiger partial charge in [-0.2, -0.15) is 11.3 Å². The second-order valence-corrected chi connectivity index (χ2v) is 6.25. The highest BCUT2D eigenvalue weighted by Gasteiger charge is 2.23. The van der Waals surface area contributed by atoms with Gasteiger partial charge in [-0.25, -0.2) is 4.99 Å². The van der Waals surface area contributed by atoms with Gasteiger partial charge in [0.05, 0.1) is 12.2 Å². The average Bonchev–Trinajstić information content (AvgIpc) is 3.21. The van der Waals surface area contributed by atoms with Crippen LogP contribution in [0.5, 0.6) is 0 Å². The summed E-state index contributed by atoms with van der Waals surface area (Å²) in [6.07, 6.45) is 0.842. The Balaban J connectivity index is 1.96. The van der Waals surface area contributed by atoms with Gasteiger partial charge >= 0.3 is 0 Å². The maximum atomic E-state index is 10.5. The number of thiophene rings is 1. The van der Waals surface area contributed by atoms with E-state index in [0.717, 1.165) is 30.0 Å². The topological polar surface area (TPSA) is 82.7 Å². The summed E-state index contributed by atoms with van der Waals surface area (Å²) < 4.78 is 5.23. The van der Waals surface area contributed by atoms with Crippen LogP contribution in [0.2, 0.25) is 0 Å². The minimum atomic E-state index is -0.947. The molecule has 0 fully saturated rings. The highest BCUT2D eigenvalue weighted by Crippen LogP contribution is 2.21. The smallest absolute Gasteiger partial charge is 0.191 e. The number of nitrogens with one attached hydrogen (secondary N) is 2. The zero-order valence-electron chi connectivity index (χ0n) is 13.8. The minimum Gasteiger partial charge on any atom is -0.384 e. The molecule has 0 aromatic carbocycles. The van der Waals surface area contributed by atoms with Gasteiger partial charge in [0.15, 0.2) is 11.7 Å². The number of aryl methyl sites for hydroxylation is 1. The molecule has 0 saturated carbocycles. The summed E-state index contributed by atoms with van der Waals surface area (Å²) in [5.41, 5.74) is 0.875. The molecular formula is C16H24N4O2S. The number of guanidine groups is 1. The van der Waals surface area contributed by atoms with E-state index in [-0.39, 0.29) is 0 Å². The van der Waals surface area contributed by atoms with Crippen molar-refractivity contribution in [3.05, 3.63) is 39.9 Å². The van der Waals surface area contributed by atoms with E-state index >= 15 is 0 Å². The number of hydrogen-bond acceptors (Lipinski definition) is 5. The predicted octanol–water partition coefficient (Wildman–Crippen LogP) is 2.26. The van der Waals surface area contributed by atoms with Crippen LogP contribution in [0, 0.1) is 0 Å². The van der Waals surface area contributed by atoms with E-state index in [1.807, 2.05) is 36.7 Å². The van der Waals surface area contributed by atoms with Gasteiger partial charge in [-0.1, -0.05) is 12.1 Å². The monoisotopic (exact) mass is 336 g/mol. The first-order valence-corrected chi connectivity index (χ1v) is 8.71. The van der Waals surface area contributed by atoms with Crippen molar-refractivity contribution < 1.29 is 9.63 Å². The van der Waals surface area contributed by atoms with Crippen molar-refractivity contribution in [2.24, 2.45) is 4.99 Å². The standard InChI is InChI=1S/C16H24N4O2S/c1-4-13-8-14(22-20-13)9-18-15(17-5-2)19-11-16(3,21)12-6-7-23-10-12/h6-8,10,21H,4-5,9,11H2,1-3H3,(H2,17,18,19). The first kappa shape index (κ1) is 17.5. The van der Waals surface area contributed by atoms with Crippen LogP contribution >= 0.6 is 11.3 Å². The zero-order valence-corrected chi connectivity index (χ0v) is 14.6. The summed E-state index contributed by atoms with van der Waals surface area (Å²) in [5, 5.41) is 24.7. The molecule has 3 N–H and O–H groups in total. The number of aromatic nitrogens is 1. The first-order chi connectivity index (χ1) is 11.0. The molecule has 1 unspecified atom stereocenters. The second kappa shape index (κ2) is 8.12. The molecule has 0 amide bonds. The molecule has 126 valence electrons. The third kappa shape index (κ3) is 5.07. The molecule has 0 radical (unpaired) electrons. The van der Waals surface area contributed by atoms with Crippen molar-refractivity contribution in [3.63, 3.8) is 0 Å². The molecule has 23 heavy (non-hydrogen) atoms. The summed E-state index contributed by atoms with van der Waals surface area (Å²) in [6, 6.07) is 3.84. The summed E-state index contributed by atoms with van der Waals surface area (Å²) in [7, 11) is 0. The Labute approximate surface area is 140 Å². The molecular weight excluding hydrogens is 312 g/mol. The second-order valence-electron chi connectivity index (χ2n) is 5.47. The molecule has 0 spiro atoms. The van der Waals surface area contributed by atoms with Crippen LogP contribution in [0.1, 0.15) is 37.8 Å². The molecule has 2 aromatic heterocycles. The Morgan fingerprint density at radius 3 is 2.87 bits per heavy atom. The van der Waals surface area contributed by atoms with Crippen LogP contribution in [0.4, 0.5) is 0 Å².